The number of hydrogen-bond acceptors (Lipinski definition) is 10. The lowest BCUT2D eigenvalue weighted by Gasteiger charge is -2.74. The van der Waals surface area contributed by atoms with Crippen LogP contribution in [0.15, 0.2) is 60.2 Å². The Bertz CT molecular complexity index is 2680. The summed E-state index contributed by atoms with van der Waals surface area (Å²) in [6.07, 6.45) is 18.5. The molecule has 9 fully saturated rings. The van der Waals surface area contributed by atoms with Crippen molar-refractivity contribution < 1.29 is 45.0 Å². The molecule has 0 radical (unpaired) electrons. The SMILES string of the molecule is CN[C@@H]1Cc2c(cccc2CO)C#CC2(CCCC2)C[C@]23CC[C@H]4[C@@](O)(C[C@H]5C[C@@H]([C@@H](C)C6CCCC6)CC[C@H]6[C@@H](O)[C@]7(CC[C@H](CCc8ccccc8)C7)C[C@@]4(C=O)[C@]56O)[C@@]2(O)C[C@@H]2C[C@@H]1[C@@H]1OC(=O)C=C1[C@@]23CO. The van der Waals surface area contributed by atoms with Crippen LogP contribution >= 0.6 is 0 Å². The zero-order chi connectivity index (χ0) is 52.7. The Morgan fingerprint density at radius 3 is 2.37 bits per heavy atom. The fraction of sp³-hybridized carbons (Fsp3) is 0.727. The predicted molar refractivity (Wildman–Crippen MR) is 289 cm³/mol. The number of ether oxygens (including phenoxy) is 1. The Balaban J connectivity index is 0.999. The highest BCUT2D eigenvalue weighted by atomic mass is 16.5. The molecule has 10 heteroatoms. The minimum absolute atomic E-state index is 0.0938. The Morgan fingerprint density at radius 1 is 0.842 bits per heavy atom. The Morgan fingerprint density at radius 2 is 1.63 bits per heavy atom. The second kappa shape index (κ2) is 18.6. The van der Waals surface area contributed by atoms with Crippen LogP contribution in [-0.4, -0.2) is 91.6 Å². The van der Waals surface area contributed by atoms with Crippen molar-refractivity contribution in [2.75, 3.05) is 13.7 Å². The van der Waals surface area contributed by atoms with E-state index >= 15 is 15.0 Å². The fourth-order valence-corrected chi connectivity index (χ4v) is 22.4. The molecule has 10 nitrogen and oxygen atoms in total. The van der Waals surface area contributed by atoms with Crippen LogP contribution in [0.3, 0.4) is 0 Å². The number of benzene rings is 2. The van der Waals surface area contributed by atoms with Crippen molar-refractivity contribution in [3.05, 3.63) is 82.4 Å². The summed E-state index contributed by atoms with van der Waals surface area (Å²) in [5.41, 5.74) is -5.85. The average molecular weight is 1040 g/mol. The number of esters is 1. The average Bonchev–Trinajstić information content (AvgIpc) is 3.56. The van der Waals surface area contributed by atoms with E-state index in [0.717, 1.165) is 92.8 Å². The molecule has 4 bridgehead atoms. The van der Waals surface area contributed by atoms with E-state index in [2.05, 4.69) is 54.4 Å². The number of nitrogens with one attached hydrogen (secondary N) is 1. The van der Waals surface area contributed by atoms with E-state index in [0.29, 0.717) is 62.7 Å². The quantitative estimate of drug-likeness (QED) is 0.0731. The highest BCUT2D eigenvalue weighted by molar-refractivity contribution is 5.87. The molecule has 11 aliphatic carbocycles. The van der Waals surface area contributed by atoms with Gasteiger partial charge >= 0.3 is 5.97 Å². The van der Waals surface area contributed by atoms with E-state index in [9.17, 15) is 25.2 Å². The van der Waals surface area contributed by atoms with Gasteiger partial charge < -0.3 is 45.5 Å². The van der Waals surface area contributed by atoms with Crippen LogP contribution in [0, 0.1) is 92.2 Å². The maximum absolute atomic E-state index is 15.3. The number of aliphatic hydroxyl groups excluding tert-OH is 3. The molecule has 18 atom stereocenters. The van der Waals surface area contributed by atoms with Gasteiger partial charge in [0.1, 0.15) is 18.0 Å². The molecule has 0 saturated heterocycles. The molecule has 7 N–H and O–H groups in total. The number of carbonyl (C=O) groups is 2. The first-order chi connectivity index (χ1) is 36.6. The summed E-state index contributed by atoms with van der Waals surface area (Å²) < 4.78 is 6.49. The molecule has 1 heterocycles. The Hall–Kier alpha value is -3.40. The van der Waals surface area contributed by atoms with Crippen LogP contribution in [0.4, 0.5) is 0 Å². The summed E-state index contributed by atoms with van der Waals surface area (Å²) >= 11 is 0. The highest BCUT2D eigenvalue weighted by Gasteiger charge is 2.87. The van der Waals surface area contributed by atoms with E-state index in [-0.39, 0.29) is 56.3 Å². The molecule has 410 valence electrons. The van der Waals surface area contributed by atoms with E-state index in [1.807, 2.05) is 25.2 Å². The van der Waals surface area contributed by atoms with Crippen molar-refractivity contribution in [1.29, 1.82) is 0 Å². The zero-order valence-corrected chi connectivity index (χ0v) is 45.5. The van der Waals surface area contributed by atoms with Crippen LogP contribution < -0.4 is 5.32 Å². The molecule has 3 spiro atoms. The smallest absolute Gasteiger partial charge is 0.331 e. The predicted octanol–water partition coefficient (Wildman–Crippen LogP) is 8.72. The number of carbonyl (C=O) groups excluding carboxylic acids is 2. The monoisotopic (exact) mass is 1040 g/mol. The summed E-state index contributed by atoms with van der Waals surface area (Å²) in [6.45, 7) is 1.92. The number of hydrogen-bond donors (Lipinski definition) is 7. The molecular weight excluding hydrogens is 951 g/mol. The summed E-state index contributed by atoms with van der Waals surface area (Å²) in [5.74, 6) is 6.00. The summed E-state index contributed by atoms with van der Waals surface area (Å²) in [6, 6.07) is 16.3. The van der Waals surface area contributed by atoms with Crippen LogP contribution in [0.25, 0.3) is 0 Å². The lowest BCUT2D eigenvalue weighted by Crippen LogP contribution is -2.83. The van der Waals surface area contributed by atoms with Gasteiger partial charge in [0, 0.05) is 51.7 Å². The third kappa shape index (κ3) is 6.96. The van der Waals surface area contributed by atoms with E-state index < -0.39 is 79.8 Å². The van der Waals surface area contributed by atoms with Crippen LogP contribution in [0.1, 0.15) is 170 Å². The molecule has 12 aliphatic rings. The van der Waals surface area contributed by atoms with Gasteiger partial charge in [0.25, 0.3) is 0 Å². The van der Waals surface area contributed by atoms with E-state index in [1.165, 1.54) is 31.2 Å². The fourth-order valence-electron chi connectivity index (χ4n) is 22.4. The standard InChI is InChI=1S/C66H87NO9/c1-41(44-13-6-7-14-44)46-19-20-52-58(72)60(27-21-43(33-60)18-17-42-11-4-3-5-12-42)38-61(39-69)55-23-28-62-37-59(24-8-9-25-59)26-22-45-15-10-16-47(36-68)50(45)31-54(67-2)51-30-48(63(62,40-70)53-32-56(71)76-57(51)53)35-65(62,74)64(55,73)34-49(29-46)66(52,61)75/h3-5,10-12,15-16,32,39,41,43-44,46,48-49,51-52,54-55,57-58,67-68,70,72-75H,6-9,13-14,17-21,23-25,27-31,33-38,40H2,1-2H3/t41-,43-,46-,48-,49+,51-,52-,54+,55+,57-,58+,60-,61-,62-,63+,64-,65+,66-/m0/s1. The van der Waals surface area contributed by atoms with Gasteiger partial charge in [-0.15, -0.1) is 0 Å². The minimum Gasteiger partial charge on any atom is -0.454 e. The first kappa shape index (κ1) is 52.0. The largest absolute Gasteiger partial charge is 0.454 e. The van der Waals surface area contributed by atoms with Crippen molar-refractivity contribution in [2.24, 2.45) is 80.3 Å². The number of rotatable bonds is 9. The molecule has 0 unspecified atom stereocenters. The number of fused-ring (bicyclic) bond motifs is 4. The van der Waals surface area contributed by atoms with Gasteiger partial charge in [-0.05, 0) is 192 Å². The van der Waals surface area contributed by atoms with Crippen LogP contribution in [-0.2, 0) is 33.8 Å². The van der Waals surface area contributed by atoms with Gasteiger partial charge in [-0.2, -0.15) is 0 Å². The molecule has 0 aromatic heterocycles. The molecule has 76 heavy (non-hydrogen) atoms. The maximum Gasteiger partial charge on any atom is 0.331 e. The molecule has 9 saturated carbocycles. The summed E-state index contributed by atoms with van der Waals surface area (Å²) in [4.78, 5) is 29.4. The topological polar surface area (TPSA) is 177 Å². The first-order valence-electron chi connectivity index (χ1n) is 30.4. The van der Waals surface area contributed by atoms with Gasteiger partial charge in [-0.1, -0.05) is 99.8 Å². The molecule has 14 rings (SSSR count). The lowest BCUT2D eigenvalue weighted by atomic mass is 9.32. The Labute approximate surface area is 451 Å². The zero-order valence-electron chi connectivity index (χ0n) is 45.5. The first-order valence-corrected chi connectivity index (χ1v) is 30.4. The van der Waals surface area contributed by atoms with E-state index in [4.69, 9.17) is 4.74 Å². The third-order valence-electron chi connectivity index (χ3n) is 25.7. The summed E-state index contributed by atoms with van der Waals surface area (Å²) in [5, 5.41) is 85.3. The van der Waals surface area contributed by atoms with Gasteiger partial charge in [0.05, 0.1) is 35.9 Å². The minimum atomic E-state index is -1.89. The van der Waals surface area contributed by atoms with Crippen LogP contribution in [0.2, 0.25) is 0 Å². The molecule has 1 aliphatic heterocycles. The number of likely N-dealkylation sites (N-methyl/N-ethyl adjacent to an activating group) is 1. The molecular formula is C66H87NO9. The number of aryl methyl sites for hydroxylation is 1. The lowest BCUT2D eigenvalue weighted by molar-refractivity contribution is -0.360. The summed E-state index contributed by atoms with van der Waals surface area (Å²) in [7, 11) is 1.93. The van der Waals surface area contributed by atoms with Gasteiger partial charge in [0.2, 0.25) is 0 Å². The normalized spacial score (nSPS) is 46.2. The highest BCUT2D eigenvalue weighted by Crippen LogP contribution is 2.83. The van der Waals surface area contributed by atoms with Crippen molar-refractivity contribution in [3.63, 3.8) is 0 Å². The number of aldehydes is 1. The third-order valence-corrected chi connectivity index (χ3v) is 25.7. The Kier molecular flexibility index (Phi) is 12.7. The second-order valence-electron chi connectivity index (χ2n) is 28.0. The van der Waals surface area contributed by atoms with Crippen molar-refractivity contribution >= 4 is 12.3 Å². The van der Waals surface area contributed by atoms with Crippen LogP contribution in [0.5, 0.6) is 0 Å². The van der Waals surface area contributed by atoms with Gasteiger partial charge in [-0.3, -0.25) is 0 Å². The second-order valence-corrected chi connectivity index (χ2v) is 28.0. The molecule has 2 aromatic rings. The van der Waals surface area contributed by atoms with E-state index in [1.54, 1.807) is 6.08 Å². The molecule has 0 amide bonds. The molecule has 2 aromatic carbocycles. The van der Waals surface area contributed by atoms with Crippen molar-refractivity contribution in [3.8, 4) is 11.8 Å². The maximum atomic E-state index is 15.3. The van der Waals surface area contributed by atoms with Gasteiger partial charge in [0.15, 0.2) is 0 Å². The van der Waals surface area contributed by atoms with Gasteiger partial charge in [-0.25, -0.2) is 4.79 Å². The van der Waals surface area contributed by atoms with Crippen molar-refractivity contribution in [2.45, 2.75) is 203 Å². The number of aliphatic hydroxyl groups is 6. The van der Waals surface area contributed by atoms with Crippen molar-refractivity contribution in [1.82, 2.24) is 5.32 Å².